The van der Waals surface area contributed by atoms with Crippen molar-refractivity contribution in [3.05, 3.63) is 29.8 Å². The van der Waals surface area contributed by atoms with Crippen molar-refractivity contribution in [1.29, 1.82) is 0 Å². The number of carbonyl (C=O) groups is 3. The number of amides is 4. The summed E-state index contributed by atoms with van der Waals surface area (Å²) in [5.41, 5.74) is -0.568. The van der Waals surface area contributed by atoms with Crippen LogP contribution >= 0.6 is 0 Å². The molecule has 1 aromatic carbocycles. The molecule has 8 heteroatoms. The monoisotopic (exact) mass is 416 g/mol. The lowest BCUT2D eigenvalue weighted by molar-refractivity contribution is -0.134. The van der Waals surface area contributed by atoms with Gasteiger partial charge < -0.3 is 20.3 Å². The Kier molecular flexibility index (Phi) is 6.65. The highest BCUT2D eigenvalue weighted by molar-refractivity contribution is 6.09. The van der Waals surface area contributed by atoms with Crippen LogP contribution in [0.2, 0.25) is 0 Å². The maximum Gasteiger partial charge on any atom is 0.325 e. The van der Waals surface area contributed by atoms with Gasteiger partial charge in [0.25, 0.3) is 5.91 Å². The molecule has 2 saturated heterocycles. The number of urea groups is 1. The fourth-order valence-electron chi connectivity index (χ4n) is 4.49. The molecule has 0 saturated carbocycles. The number of nitrogens with one attached hydrogen (secondary N) is 2. The molecule has 2 N–H and O–H groups in total. The van der Waals surface area contributed by atoms with Gasteiger partial charge in [-0.15, -0.1) is 0 Å². The third-order valence-corrected chi connectivity index (χ3v) is 5.94. The smallest absolute Gasteiger partial charge is 0.325 e. The van der Waals surface area contributed by atoms with Crippen molar-refractivity contribution in [3.8, 4) is 5.75 Å². The number of nitrogens with zero attached hydrogens (tertiary/aromatic N) is 2. The van der Waals surface area contributed by atoms with Crippen molar-refractivity contribution >= 4 is 17.8 Å². The number of rotatable bonds is 7. The van der Waals surface area contributed by atoms with Gasteiger partial charge in [0.1, 0.15) is 17.8 Å². The molecule has 2 fully saturated rings. The summed E-state index contributed by atoms with van der Waals surface area (Å²) < 4.78 is 5.14. The Morgan fingerprint density at radius 3 is 2.43 bits per heavy atom. The molecule has 1 aromatic rings. The minimum atomic E-state index is -1.20. The molecule has 2 aliphatic rings. The molecular weight excluding hydrogens is 384 g/mol. The second-order valence-electron chi connectivity index (χ2n) is 8.73. The van der Waals surface area contributed by atoms with Gasteiger partial charge in [-0.25, -0.2) is 4.79 Å². The summed E-state index contributed by atoms with van der Waals surface area (Å²) in [5, 5.41) is 5.55. The number of likely N-dealkylation sites (tertiary alicyclic amines) is 1. The third kappa shape index (κ3) is 4.75. The van der Waals surface area contributed by atoms with Crippen LogP contribution in [0.1, 0.15) is 32.8 Å². The fraction of sp³-hybridized carbons (Fsp3) is 0.591. The first-order valence-electron chi connectivity index (χ1n) is 10.5. The Morgan fingerprint density at radius 2 is 1.83 bits per heavy atom. The summed E-state index contributed by atoms with van der Waals surface area (Å²) in [6.45, 7) is 9.19. The number of imide groups is 1. The Morgan fingerprint density at radius 1 is 1.20 bits per heavy atom. The van der Waals surface area contributed by atoms with Gasteiger partial charge in [0.2, 0.25) is 5.91 Å². The zero-order valence-corrected chi connectivity index (χ0v) is 18.2. The average Bonchev–Trinajstić information content (AvgIpc) is 2.91. The van der Waals surface area contributed by atoms with Crippen LogP contribution < -0.4 is 15.4 Å². The standard InChI is InChI=1S/C22H32N4O4/c1-15-11-16(2)13-25(12-15)10-9-23-19(27)14-26-20(28)22(3,24-21(26)29)17-5-7-18(30-4)8-6-17/h5-8,15-16H,9-14H2,1-4H3,(H,23,27)(H,24,29). The zero-order valence-electron chi connectivity index (χ0n) is 18.2. The number of piperidine rings is 1. The van der Waals surface area contributed by atoms with Crippen LogP contribution in [0.15, 0.2) is 24.3 Å². The van der Waals surface area contributed by atoms with E-state index in [-0.39, 0.29) is 12.5 Å². The van der Waals surface area contributed by atoms with Crippen LogP contribution in [-0.4, -0.2) is 67.5 Å². The molecule has 0 aliphatic carbocycles. The van der Waals surface area contributed by atoms with Gasteiger partial charge in [-0.05, 0) is 42.9 Å². The fourth-order valence-corrected chi connectivity index (χ4v) is 4.49. The van der Waals surface area contributed by atoms with E-state index in [9.17, 15) is 14.4 Å². The number of benzene rings is 1. The quantitative estimate of drug-likeness (QED) is 0.659. The maximum absolute atomic E-state index is 12.9. The molecule has 4 amide bonds. The molecule has 3 rings (SSSR count). The summed E-state index contributed by atoms with van der Waals surface area (Å²) in [6, 6.07) is 6.38. The molecule has 0 bridgehead atoms. The average molecular weight is 417 g/mol. The molecule has 30 heavy (non-hydrogen) atoms. The second-order valence-corrected chi connectivity index (χ2v) is 8.73. The highest BCUT2D eigenvalue weighted by Gasteiger charge is 2.49. The minimum absolute atomic E-state index is 0.288. The summed E-state index contributed by atoms with van der Waals surface area (Å²) in [5.74, 6) is 1.20. The predicted molar refractivity (Wildman–Crippen MR) is 113 cm³/mol. The van der Waals surface area contributed by atoms with Gasteiger partial charge in [-0.2, -0.15) is 0 Å². The molecule has 0 radical (unpaired) electrons. The first-order chi connectivity index (χ1) is 14.2. The van der Waals surface area contributed by atoms with Gasteiger partial charge in [0.05, 0.1) is 7.11 Å². The first kappa shape index (κ1) is 22.1. The lowest BCUT2D eigenvalue weighted by Crippen LogP contribution is -2.46. The van der Waals surface area contributed by atoms with Gasteiger partial charge in [0, 0.05) is 26.2 Å². The van der Waals surface area contributed by atoms with Crippen molar-refractivity contribution < 1.29 is 19.1 Å². The van der Waals surface area contributed by atoms with Gasteiger partial charge in [-0.3, -0.25) is 14.5 Å². The van der Waals surface area contributed by atoms with Crippen molar-refractivity contribution in [2.24, 2.45) is 11.8 Å². The molecule has 2 aliphatic heterocycles. The van der Waals surface area contributed by atoms with Crippen molar-refractivity contribution in [2.45, 2.75) is 32.7 Å². The zero-order chi connectivity index (χ0) is 21.9. The minimum Gasteiger partial charge on any atom is -0.497 e. The van der Waals surface area contributed by atoms with E-state index >= 15 is 0 Å². The summed E-state index contributed by atoms with van der Waals surface area (Å²) in [4.78, 5) is 41.1. The van der Waals surface area contributed by atoms with E-state index in [0.717, 1.165) is 24.5 Å². The van der Waals surface area contributed by atoms with Gasteiger partial charge in [-0.1, -0.05) is 26.0 Å². The van der Waals surface area contributed by atoms with E-state index in [1.165, 1.54) is 6.42 Å². The summed E-state index contributed by atoms with van der Waals surface area (Å²) in [7, 11) is 1.56. The van der Waals surface area contributed by atoms with Crippen LogP contribution in [0, 0.1) is 11.8 Å². The van der Waals surface area contributed by atoms with Crippen LogP contribution in [0.3, 0.4) is 0 Å². The van der Waals surface area contributed by atoms with Crippen molar-refractivity contribution in [1.82, 2.24) is 20.4 Å². The van der Waals surface area contributed by atoms with E-state index in [2.05, 4.69) is 29.4 Å². The largest absolute Gasteiger partial charge is 0.497 e. The Bertz CT molecular complexity index is 787. The molecule has 3 atom stereocenters. The third-order valence-electron chi connectivity index (χ3n) is 5.94. The molecular formula is C22H32N4O4. The molecule has 0 spiro atoms. The van der Waals surface area contributed by atoms with Gasteiger partial charge >= 0.3 is 6.03 Å². The Hall–Kier alpha value is -2.61. The normalized spacial score (nSPS) is 27.1. The molecule has 2 heterocycles. The SMILES string of the molecule is COc1ccc(C2(C)NC(=O)N(CC(=O)NCCN3CC(C)CC(C)C3)C2=O)cc1. The first-order valence-corrected chi connectivity index (χ1v) is 10.5. The number of hydrogen-bond acceptors (Lipinski definition) is 5. The molecule has 8 nitrogen and oxygen atoms in total. The number of hydrogen-bond donors (Lipinski definition) is 2. The topological polar surface area (TPSA) is 91.0 Å². The van der Waals surface area contributed by atoms with Crippen molar-refractivity contribution in [3.63, 3.8) is 0 Å². The second kappa shape index (κ2) is 9.04. The van der Waals surface area contributed by atoms with E-state index < -0.39 is 17.5 Å². The highest BCUT2D eigenvalue weighted by Crippen LogP contribution is 2.29. The number of carbonyl (C=O) groups excluding carboxylic acids is 3. The Balaban J connectivity index is 1.53. The number of ether oxygens (including phenoxy) is 1. The van der Waals surface area contributed by atoms with Crippen LogP contribution in [0.25, 0.3) is 0 Å². The maximum atomic E-state index is 12.9. The van der Waals surface area contributed by atoms with E-state index in [0.29, 0.717) is 29.7 Å². The highest BCUT2D eigenvalue weighted by atomic mass is 16.5. The van der Waals surface area contributed by atoms with Gasteiger partial charge in [0.15, 0.2) is 0 Å². The van der Waals surface area contributed by atoms with Crippen molar-refractivity contribution in [2.75, 3.05) is 39.8 Å². The molecule has 3 unspecified atom stereocenters. The number of methoxy groups -OCH3 is 1. The van der Waals surface area contributed by atoms with E-state index in [1.54, 1.807) is 38.3 Å². The lowest BCUT2D eigenvalue weighted by atomic mass is 9.92. The summed E-state index contributed by atoms with van der Waals surface area (Å²) in [6.07, 6.45) is 1.24. The molecule has 164 valence electrons. The lowest BCUT2D eigenvalue weighted by Gasteiger charge is -2.34. The Labute approximate surface area is 177 Å². The van der Waals surface area contributed by atoms with Crippen LogP contribution in [0.5, 0.6) is 5.75 Å². The van der Waals surface area contributed by atoms with E-state index in [1.807, 2.05) is 0 Å². The van der Waals surface area contributed by atoms with Crippen LogP contribution in [0.4, 0.5) is 4.79 Å². The van der Waals surface area contributed by atoms with E-state index in [4.69, 9.17) is 4.74 Å². The molecule has 0 aromatic heterocycles. The summed E-state index contributed by atoms with van der Waals surface area (Å²) >= 11 is 0. The van der Waals surface area contributed by atoms with Crippen LogP contribution in [-0.2, 0) is 15.1 Å². The predicted octanol–water partition coefficient (Wildman–Crippen LogP) is 1.56.